The molecule has 0 radical (unpaired) electrons. The molecule has 0 amide bonds. The van der Waals surface area contributed by atoms with E-state index in [-0.39, 0.29) is 5.56 Å². The third kappa shape index (κ3) is 2.70. The summed E-state index contributed by atoms with van der Waals surface area (Å²) in [5.74, 6) is -1.90. The Morgan fingerprint density at radius 2 is 1.57 bits per heavy atom. The molecule has 0 spiro atoms. The summed E-state index contributed by atoms with van der Waals surface area (Å²) in [4.78, 5) is 0. The van der Waals surface area contributed by atoms with Crippen molar-refractivity contribution in [3.05, 3.63) is 71.3 Å². The predicted octanol–water partition coefficient (Wildman–Crippen LogP) is 4.76. The van der Waals surface area contributed by atoms with Crippen LogP contribution in [0.15, 0.2) is 48.5 Å². The van der Waals surface area contributed by atoms with Gasteiger partial charge in [0, 0.05) is 11.0 Å². The third-order valence-electron chi connectivity index (χ3n) is 4.41. The Balaban J connectivity index is 2.55. The summed E-state index contributed by atoms with van der Waals surface area (Å²) >= 11 is 0. The normalized spacial score (nSPS) is 13.2. The van der Waals surface area contributed by atoms with E-state index in [0.717, 1.165) is 11.6 Å². The molecular formula is C18H20F2O. The van der Waals surface area contributed by atoms with E-state index in [1.807, 2.05) is 44.2 Å². The van der Waals surface area contributed by atoms with Crippen molar-refractivity contribution >= 4 is 0 Å². The number of rotatable bonds is 5. The molecule has 2 rings (SSSR count). The fourth-order valence-corrected chi connectivity index (χ4v) is 3.00. The molecule has 1 unspecified atom stereocenters. The molecule has 1 nitrogen and oxygen atoms in total. The van der Waals surface area contributed by atoms with Gasteiger partial charge in [-0.3, -0.25) is 0 Å². The number of hydrogen-bond acceptors (Lipinski definition) is 1. The lowest BCUT2D eigenvalue weighted by atomic mass is 9.69. The highest BCUT2D eigenvalue weighted by atomic mass is 19.2. The van der Waals surface area contributed by atoms with Crippen molar-refractivity contribution in [1.29, 1.82) is 0 Å². The van der Waals surface area contributed by atoms with Crippen LogP contribution in [0.25, 0.3) is 0 Å². The smallest absolute Gasteiger partial charge is 0.164 e. The van der Waals surface area contributed by atoms with Gasteiger partial charge in [-0.2, -0.15) is 0 Å². The van der Waals surface area contributed by atoms with Gasteiger partial charge in [0.05, 0.1) is 6.10 Å². The number of hydrogen-bond donors (Lipinski definition) is 1. The first-order valence-corrected chi connectivity index (χ1v) is 7.24. The van der Waals surface area contributed by atoms with E-state index in [4.69, 9.17) is 0 Å². The van der Waals surface area contributed by atoms with E-state index in [1.54, 1.807) is 0 Å². The Kier molecular flexibility index (Phi) is 4.73. The van der Waals surface area contributed by atoms with Gasteiger partial charge in [-0.15, -0.1) is 0 Å². The molecule has 0 fully saturated rings. The van der Waals surface area contributed by atoms with Crippen molar-refractivity contribution in [3.63, 3.8) is 0 Å². The van der Waals surface area contributed by atoms with Crippen LogP contribution >= 0.6 is 0 Å². The van der Waals surface area contributed by atoms with Gasteiger partial charge in [0.2, 0.25) is 0 Å². The SMILES string of the molecule is CCC(CC)(c1ccccc1)C(O)c1cccc(F)c1F. The summed E-state index contributed by atoms with van der Waals surface area (Å²) in [6, 6.07) is 13.5. The maximum Gasteiger partial charge on any atom is 0.164 e. The first-order valence-electron chi connectivity index (χ1n) is 7.24. The van der Waals surface area contributed by atoms with Gasteiger partial charge < -0.3 is 5.11 Å². The predicted molar refractivity (Wildman–Crippen MR) is 80.0 cm³/mol. The van der Waals surface area contributed by atoms with Crippen LogP contribution in [-0.2, 0) is 5.41 Å². The van der Waals surface area contributed by atoms with Crippen LogP contribution in [0.4, 0.5) is 8.78 Å². The molecule has 0 aliphatic heterocycles. The Morgan fingerprint density at radius 3 is 2.14 bits per heavy atom. The average Bonchev–Trinajstić information content (AvgIpc) is 2.53. The van der Waals surface area contributed by atoms with Crippen LogP contribution in [0.5, 0.6) is 0 Å². The fraction of sp³-hybridized carbons (Fsp3) is 0.333. The molecule has 2 aromatic rings. The second kappa shape index (κ2) is 6.35. The maximum atomic E-state index is 14.0. The highest BCUT2D eigenvalue weighted by Crippen LogP contribution is 2.43. The molecule has 0 aliphatic rings. The fourth-order valence-electron chi connectivity index (χ4n) is 3.00. The number of aliphatic hydroxyl groups is 1. The second-order valence-electron chi connectivity index (χ2n) is 5.27. The van der Waals surface area contributed by atoms with E-state index in [2.05, 4.69) is 0 Å². The van der Waals surface area contributed by atoms with Gasteiger partial charge >= 0.3 is 0 Å². The Morgan fingerprint density at radius 1 is 0.952 bits per heavy atom. The van der Waals surface area contributed by atoms with Crippen molar-refractivity contribution < 1.29 is 13.9 Å². The molecule has 0 aliphatic carbocycles. The van der Waals surface area contributed by atoms with Gasteiger partial charge in [0.1, 0.15) is 0 Å². The van der Waals surface area contributed by atoms with E-state index < -0.39 is 23.2 Å². The van der Waals surface area contributed by atoms with Gasteiger partial charge in [-0.25, -0.2) is 8.78 Å². The summed E-state index contributed by atoms with van der Waals surface area (Å²) in [6.07, 6.45) is 0.167. The molecule has 0 aromatic heterocycles. The van der Waals surface area contributed by atoms with Crippen LogP contribution in [0.2, 0.25) is 0 Å². The van der Waals surface area contributed by atoms with Gasteiger partial charge in [-0.1, -0.05) is 56.3 Å². The first-order chi connectivity index (χ1) is 10.1. The average molecular weight is 290 g/mol. The molecule has 3 heteroatoms. The number of benzene rings is 2. The standard InChI is InChI=1S/C18H20F2O/c1-3-18(4-2,13-9-6-5-7-10-13)17(21)14-11-8-12-15(19)16(14)20/h5-12,17,21H,3-4H2,1-2H3. The van der Waals surface area contributed by atoms with Crippen molar-refractivity contribution in [2.75, 3.05) is 0 Å². The summed E-state index contributed by atoms with van der Waals surface area (Å²) in [7, 11) is 0. The van der Waals surface area contributed by atoms with E-state index in [1.165, 1.54) is 12.1 Å². The summed E-state index contributed by atoms with van der Waals surface area (Å²) in [5, 5.41) is 10.8. The first kappa shape index (κ1) is 15.6. The number of halogens is 2. The quantitative estimate of drug-likeness (QED) is 0.842. The molecule has 1 N–H and O–H groups in total. The van der Waals surface area contributed by atoms with Gasteiger partial charge in [-0.05, 0) is 24.5 Å². The molecule has 112 valence electrons. The molecular weight excluding hydrogens is 270 g/mol. The molecule has 0 bridgehead atoms. The lowest BCUT2D eigenvalue weighted by Gasteiger charge is -2.37. The Bertz CT molecular complexity index is 591. The van der Waals surface area contributed by atoms with Crippen LogP contribution < -0.4 is 0 Å². The van der Waals surface area contributed by atoms with Crippen LogP contribution in [-0.4, -0.2) is 5.11 Å². The summed E-state index contributed by atoms with van der Waals surface area (Å²) in [6.45, 7) is 3.91. The highest BCUT2D eigenvalue weighted by Gasteiger charge is 2.38. The molecule has 0 saturated heterocycles. The minimum atomic E-state index is -1.09. The van der Waals surface area contributed by atoms with E-state index in [9.17, 15) is 13.9 Å². The minimum absolute atomic E-state index is 0.0163. The highest BCUT2D eigenvalue weighted by molar-refractivity contribution is 5.33. The lowest BCUT2D eigenvalue weighted by Crippen LogP contribution is -2.33. The molecule has 2 aromatic carbocycles. The van der Waals surface area contributed by atoms with Gasteiger partial charge in [0.25, 0.3) is 0 Å². The minimum Gasteiger partial charge on any atom is -0.387 e. The molecule has 21 heavy (non-hydrogen) atoms. The molecule has 0 heterocycles. The maximum absolute atomic E-state index is 14.0. The Labute approximate surface area is 124 Å². The van der Waals surface area contributed by atoms with E-state index in [0.29, 0.717) is 12.8 Å². The van der Waals surface area contributed by atoms with E-state index >= 15 is 0 Å². The number of aliphatic hydroxyl groups excluding tert-OH is 1. The third-order valence-corrected chi connectivity index (χ3v) is 4.41. The zero-order chi connectivity index (χ0) is 15.5. The molecule has 1 atom stereocenters. The Hall–Kier alpha value is -1.74. The monoisotopic (exact) mass is 290 g/mol. The van der Waals surface area contributed by atoms with Crippen LogP contribution in [0, 0.1) is 11.6 Å². The van der Waals surface area contributed by atoms with Crippen molar-refractivity contribution in [2.45, 2.75) is 38.2 Å². The lowest BCUT2D eigenvalue weighted by molar-refractivity contribution is 0.0689. The molecule has 0 saturated carbocycles. The largest absolute Gasteiger partial charge is 0.387 e. The van der Waals surface area contributed by atoms with Crippen LogP contribution in [0.1, 0.15) is 43.9 Å². The van der Waals surface area contributed by atoms with Crippen molar-refractivity contribution in [3.8, 4) is 0 Å². The van der Waals surface area contributed by atoms with Gasteiger partial charge in [0.15, 0.2) is 11.6 Å². The van der Waals surface area contributed by atoms with Crippen LogP contribution in [0.3, 0.4) is 0 Å². The second-order valence-corrected chi connectivity index (χ2v) is 5.27. The van der Waals surface area contributed by atoms with Crippen molar-refractivity contribution in [2.24, 2.45) is 0 Å². The van der Waals surface area contributed by atoms with Crippen molar-refractivity contribution in [1.82, 2.24) is 0 Å². The zero-order valence-electron chi connectivity index (χ0n) is 12.3. The summed E-state index contributed by atoms with van der Waals surface area (Å²) in [5.41, 5.74) is 0.323. The topological polar surface area (TPSA) is 20.2 Å². The zero-order valence-corrected chi connectivity index (χ0v) is 12.3. The summed E-state index contributed by atoms with van der Waals surface area (Å²) < 4.78 is 27.5.